The Morgan fingerprint density at radius 3 is 2.84 bits per heavy atom. The largest absolute Gasteiger partial charge is 0.373 e. The summed E-state index contributed by atoms with van der Waals surface area (Å²) in [5, 5.41) is 3.37. The summed E-state index contributed by atoms with van der Waals surface area (Å²) in [6.45, 7) is 3.18. The van der Waals surface area contributed by atoms with Crippen LogP contribution in [0.15, 0.2) is 18.3 Å². The van der Waals surface area contributed by atoms with E-state index in [1.165, 1.54) is 19.3 Å². The van der Waals surface area contributed by atoms with Gasteiger partial charge in [0.1, 0.15) is 6.61 Å². The van der Waals surface area contributed by atoms with Gasteiger partial charge in [-0.05, 0) is 56.8 Å². The zero-order valence-electron chi connectivity index (χ0n) is 11.2. The predicted molar refractivity (Wildman–Crippen MR) is 78.0 cm³/mol. The summed E-state index contributed by atoms with van der Waals surface area (Å²) in [7, 11) is 0. The molecule has 19 heavy (non-hydrogen) atoms. The van der Waals surface area contributed by atoms with Crippen molar-refractivity contribution in [2.75, 3.05) is 26.3 Å². The molecule has 2 rings (SSSR count). The van der Waals surface area contributed by atoms with Crippen LogP contribution in [0.4, 0.5) is 0 Å². The van der Waals surface area contributed by atoms with E-state index in [0.29, 0.717) is 12.3 Å². The van der Waals surface area contributed by atoms with Crippen LogP contribution in [0.2, 0.25) is 0 Å². The van der Waals surface area contributed by atoms with Crippen LogP contribution < -0.4 is 5.32 Å². The molecule has 0 aliphatic carbocycles. The van der Waals surface area contributed by atoms with E-state index in [0.717, 1.165) is 25.4 Å². The van der Waals surface area contributed by atoms with E-state index in [-0.39, 0.29) is 24.8 Å². The molecule has 2 N–H and O–H groups in total. The number of nitrogens with one attached hydrogen (secondary N) is 2. The van der Waals surface area contributed by atoms with Crippen LogP contribution in [-0.4, -0.2) is 37.1 Å². The molecule has 1 saturated heterocycles. The van der Waals surface area contributed by atoms with Gasteiger partial charge in [-0.1, -0.05) is 0 Å². The average molecular weight is 287 g/mol. The molecule has 1 aliphatic rings. The molecular weight excluding hydrogens is 264 g/mol. The molecule has 108 valence electrons. The number of halogens is 1. The minimum atomic E-state index is 0. The highest BCUT2D eigenvalue weighted by atomic mass is 35.5. The van der Waals surface area contributed by atoms with Crippen LogP contribution in [0.3, 0.4) is 0 Å². The number of ether oxygens (including phenoxy) is 1. The highest BCUT2D eigenvalue weighted by Gasteiger charge is 2.12. The molecule has 0 saturated carbocycles. The number of ketones is 1. The lowest BCUT2D eigenvalue weighted by Crippen LogP contribution is -2.27. The highest BCUT2D eigenvalue weighted by Crippen LogP contribution is 2.17. The fourth-order valence-corrected chi connectivity index (χ4v) is 2.39. The molecule has 1 aromatic heterocycles. The lowest BCUT2D eigenvalue weighted by atomic mass is 9.93. The summed E-state index contributed by atoms with van der Waals surface area (Å²) in [4.78, 5) is 14.5. The fourth-order valence-electron chi connectivity index (χ4n) is 2.39. The first-order chi connectivity index (χ1) is 8.86. The lowest BCUT2D eigenvalue weighted by Gasteiger charge is -2.22. The summed E-state index contributed by atoms with van der Waals surface area (Å²) in [5.74, 6) is 0.871. The Morgan fingerprint density at radius 1 is 1.37 bits per heavy atom. The maximum Gasteiger partial charge on any atom is 0.204 e. The maximum absolute atomic E-state index is 11.6. The topological polar surface area (TPSA) is 54.1 Å². The second kappa shape index (κ2) is 9.13. The molecule has 0 unspecified atom stereocenters. The number of hydrogen-bond acceptors (Lipinski definition) is 3. The van der Waals surface area contributed by atoms with E-state index in [1.807, 2.05) is 6.07 Å². The highest BCUT2D eigenvalue weighted by molar-refractivity contribution is 5.95. The van der Waals surface area contributed by atoms with Gasteiger partial charge in [0.2, 0.25) is 5.78 Å². The summed E-state index contributed by atoms with van der Waals surface area (Å²) in [5.41, 5.74) is 0.633. The number of H-pyrrole nitrogens is 1. The van der Waals surface area contributed by atoms with E-state index in [2.05, 4.69) is 10.3 Å². The van der Waals surface area contributed by atoms with Crippen LogP contribution >= 0.6 is 12.4 Å². The van der Waals surface area contributed by atoms with Gasteiger partial charge in [0.15, 0.2) is 0 Å². The normalized spacial score (nSPS) is 16.0. The van der Waals surface area contributed by atoms with Gasteiger partial charge in [-0.15, -0.1) is 12.4 Å². The quantitative estimate of drug-likeness (QED) is 0.598. The SMILES string of the molecule is Cl.O=C(COCCCC1CCNCC1)c1ccc[nH]1. The second-order valence-corrected chi connectivity index (χ2v) is 4.90. The first-order valence-electron chi connectivity index (χ1n) is 6.81. The molecule has 0 radical (unpaired) electrons. The van der Waals surface area contributed by atoms with Gasteiger partial charge in [0.25, 0.3) is 0 Å². The Labute approximate surface area is 120 Å². The van der Waals surface area contributed by atoms with E-state index in [4.69, 9.17) is 4.74 Å². The summed E-state index contributed by atoms with van der Waals surface area (Å²) < 4.78 is 5.43. The molecule has 0 aromatic carbocycles. The third kappa shape index (κ3) is 5.76. The van der Waals surface area contributed by atoms with Crippen LogP contribution in [-0.2, 0) is 4.74 Å². The van der Waals surface area contributed by atoms with Crippen molar-refractivity contribution in [3.63, 3.8) is 0 Å². The summed E-state index contributed by atoms with van der Waals surface area (Å²) in [6, 6.07) is 3.60. The molecular formula is C14H23ClN2O2. The average Bonchev–Trinajstić information content (AvgIpc) is 2.93. The fraction of sp³-hybridized carbons (Fsp3) is 0.643. The Hall–Kier alpha value is -0.840. The number of hydrogen-bond donors (Lipinski definition) is 2. The molecule has 0 spiro atoms. The third-order valence-corrected chi connectivity index (χ3v) is 3.49. The van der Waals surface area contributed by atoms with Gasteiger partial charge in [-0.2, -0.15) is 0 Å². The van der Waals surface area contributed by atoms with Crippen molar-refractivity contribution in [1.29, 1.82) is 0 Å². The van der Waals surface area contributed by atoms with E-state index < -0.39 is 0 Å². The van der Waals surface area contributed by atoms with Crippen molar-refractivity contribution < 1.29 is 9.53 Å². The van der Waals surface area contributed by atoms with Crippen molar-refractivity contribution in [2.24, 2.45) is 5.92 Å². The second-order valence-electron chi connectivity index (χ2n) is 4.90. The Balaban J connectivity index is 0.00000180. The van der Waals surface area contributed by atoms with Crippen molar-refractivity contribution in [3.8, 4) is 0 Å². The molecule has 0 bridgehead atoms. The van der Waals surface area contributed by atoms with Crippen LogP contribution in [0, 0.1) is 5.92 Å². The van der Waals surface area contributed by atoms with E-state index in [1.54, 1.807) is 12.3 Å². The molecule has 1 aliphatic heterocycles. The Bertz CT molecular complexity index is 348. The van der Waals surface area contributed by atoms with E-state index in [9.17, 15) is 4.79 Å². The van der Waals surface area contributed by atoms with Crippen molar-refractivity contribution in [2.45, 2.75) is 25.7 Å². The molecule has 5 heteroatoms. The molecule has 0 atom stereocenters. The lowest BCUT2D eigenvalue weighted by molar-refractivity contribution is 0.0740. The monoisotopic (exact) mass is 286 g/mol. The van der Waals surface area contributed by atoms with Crippen LogP contribution in [0.1, 0.15) is 36.2 Å². The number of aromatic amines is 1. The zero-order valence-corrected chi connectivity index (χ0v) is 12.0. The molecule has 4 nitrogen and oxygen atoms in total. The molecule has 1 aromatic rings. The van der Waals surface area contributed by atoms with Crippen molar-refractivity contribution in [1.82, 2.24) is 10.3 Å². The zero-order chi connectivity index (χ0) is 12.6. The van der Waals surface area contributed by atoms with Crippen molar-refractivity contribution >= 4 is 18.2 Å². The van der Waals surface area contributed by atoms with Gasteiger partial charge < -0.3 is 15.0 Å². The summed E-state index contributed by atoms with van der Waals surface area (Å²) >= 11 is 0. The number of rotatable bonds is 7. The van der Waals surface area contributed by atoms with Gasteiger partial charge in [0, 0.05) is 12.8 Å². The van der Waals surface area contributed by atoms with Gasteiger partial charge in [-0.25, -0.2) is 0 Å². The molecule has 2 heterocycles. The number of Topliss-reactive ketones (excluding diaryl/α,β-unsaturated/α-hetero) is 1. The molecule has 0 amide bonds. The standard InChI is InChI=1S/C14H22N2O2.ClH/c17-14(13-4-1-7-16-13)11-18-10-2-3-12-5-8-15-9-6-12;/h1,4,7,12,15-16H,2-3,5-6,8-11H2;1H. The first kappa shape index (κ1) is 16.2. The van der Waals surface area contributed by atoms with Gasteiger partial charge >= 0.3 is 0 Å². The number of piperidine rings is 1. The number of carbonyl (C=O) groups excluding carboxylic acids is 1. The predicted octanol–water partition coefficient (Wildman–Crippen LogP) is 2.42. The minimum absolute atomic E-state index is 0. The van der Waals surface area contributed by atoms with Crippen LogP contribution in [0.5, 0.6) is 0 Å². The first-order valence-corrected chi connectivity index (χ1v) is 6.81. The van der Waals surface area contributed by atoms with Gasteiger partial charge in [0.05, 0.1) is 5.69 Å². The summed E-state index contributed by atoms with van der Waals surface area (Å²) in [6.07, 6.45) is 6.59. The van der Waals surface area contributed by atoms with Crippen LogP contribution in [0.25, 0.3) is 0 Å². The smallest absolute Gasteiger partial charge is 0.204 e. The van der Waals surface area contributed by atoms with Crippen molar-refractivity contribution in [3.05, 3.63) is 24.0 Å². The third-order valence-electron chi connectivity index (χ3n) is 3.49. The Morgan fingerprint density at radius 2 is 2.16 bits per heavy atom. The van der Waals surface area contributed by atoms with E-state index >= 15 is 0 Å². The maximum atomic E-state index is 11.6. The van der Waals surface area contributed by atoms with Gasteiger partial charge in [-0.3, -0.25) is 4.79 Å². The Kier molecular flexibility index (Phi) is 7.79. The number of carbonyl (C=O) groups is 1. The minimum Gasteiger partial charge on any atom is -0.373 e. The number of aromatic nitrogens is 1. The molecule has 1 fully saturated rings.